The van der Waals surface area contributed by atoms with Gasteiger partial charge in [-0.15, -0.1) is 0 Å². The van der Waals surface area contributed by atoms with E-state index in [0.717, 1.165) is 22.5 Å². The summed E-state index contributed by atoms with van der Waals surface area (Å²) in [6.07, 6.45) is 5.52. The third-order valence-corrected chi connectivity index (χ3v) is 3.19. The van der Waals surface area contributed by atoms with Crippen LogP contribution < -0.4 is 0 Å². The number of aliphatic hydroxyl groups excluding tert-OH is 1. The van der Waals surface area contributed by atoms with Gasteiger partial charge in [-0.25, -0.2) is 9.97 Å². The molecule has 0 spiro atoms. The van der Waals surface area contributed by atoms with Gasteiger partial charge in [0.15, 0.2) is 0 Å². The molecule has 1 unspecified atom stereocenters. The maximum Gasteiger partial charge on any atom is 0.134 e. The summed E-state index contributed by atoms with van der Waals surface area (Å²) in [5.74, 6) is 0.736. The summed E-state index contributed by atoms with van der Waals surface area (Å²) in [7, 11) is 0. The molecule has 0 aliphatic rings. The molecule has 0 bridgehead atoms. The van der Waals surface area contributed by atoms with E-state index in [2.05, 4.69) is 9.97 Å². The van der Waals surface area contributed by atoms with Gasteiger partial charge in [0.2, 0.25) is 0 Å². The van der Waals surface area contributed by atoms with E-state index in [1.165, 1.54) is 6.33 Å². The van der Waals surface area contributed by atoms with E-state index in [4.69, 9.17) is 4.42 Å². The SMILES string of the molecule is Cc1ccc(C(O)c2cncnc2)c(-c2ccco2)c1. The number of furan rings is 1. The molecule has 2 aromatic heterocycles. The average molecular weight is 266 g/mol. The largest absolute Gasteiger partial charge is 0.464 e. The third-order valence-electron chi connectivity index (χ3n) is 3.19. The van der Waals surface area contributed by atoms with Crippen molar-refractivity contribution in [2.24, 2.45) is 0 Å². The van der Waals surface area contributed by atoms with Gasteiger partial charge in [-0.2, -0.15) is 0 Å². The van der Waals surface area contributed by atoms with Crippen LogP contribution in [0.15, 0.2) is 59.7 Å². The third kappa shape index (κ3) is 2.33. The highest BCUT2D eigenvalue weighted by molar-refractivity contribution is 5.64. The standard InChI is InChI=1S/C16H14N2O2/c1-11-4-5-13(14(7-11)15-3-2-6-20-15)16(19)12-8-17-10-18-9-12/h2-10,16,19H,1H3. The van der Waals surface area contributed by atoms with Crippen LogP contribution in [0.5, 0.6) is 0 Å². The Labute approximate surface area is 116 Å². The molecule has 1 aromatic carbocycles. The lowest BCUT2D eigenvalue weighted by Gasteiger charge is -2.15. The molecular weight excluding hydrogens is 252 g/mol. The Hall–Kier alpha value is -2.46. The van der Waals surface area contributed by atoms with Crippen LogP contribution in [0.1, 0.15) is 22.8 Å². The number of aromatic nitrogens is 2. The Kier molecular flexibility index (Phi) is 3.31. The van der Waals surface area contributed by atoms with Crippen molar-refractivity contribution in [2.75, 3.05) is 0 Å². The average Bonchev–Trinajstić information content (AvgIpc) is 3.01. The lowest BCUT2D eigenvalue weighted by molar-refractivity contribution is 0.219. The summed E-state index contributed by atoms with van der Waals surface area (Å²) in [6.45, 7) is 2.01. The van der Waals surface area contributed by atoms with Gasteiger partial charge in [0.25, 0.3) is 0 Å². The van der Waals surface area contributed by atoms with Crippen molar-refractivity contribution in [3.05, 3.63) is 72.0 Å². The normalized spacial score (nSPS) is 12.3. The minimum atomic E-state index is -0.781. The van der Waals surface area contributed by atoms with Gasteiger partial charge in [-0.3, -0.25) is 0 Å². The maximum absolute atomic E-state index is 10.5. The molecule has 0 fully saturated rings. The predicted octanol–water partition coefficient (Wildman–Crippen LogP) is 3.13. The summed E-state index contributed by atoms with van der Waals surface area (Å²) >= 11 is 0. The Morgan fingerprint density at radius 2 is 1.95 bits per heavy atom. The van der Waals surface area contributed by atoms with Gasteiger partial charge in [0, 0.05) is 23.5 Å². The number of nitrogens with zero attached hydrogens (tertiary/aromatic N) is 2. The van der Waals surface area contributed by atoms with Crippen LogP contribution in [0.25, 0.3) is 11.3 Å². The number of hydrogen-bond donors (Lipinski definition) is 1. The van der Waals surface area contributed by atoms with Crippen LogP contribution in [-0.2, 0) is 0 Å². The van der Waals surface area contributed by atoms with E-state index in [1.54, 1.807) is 18.7 Å². The van der Waals surface area contributed by atoms with Crippen molar-refractivity contribution in [3.63, 3.8) is 0 Å². The summed E-state index contributed by atoms with van der Waals surface area (Å²) in [5, 5.41) is 10.5. The quantitative estimate of drug-likeness (QED) is 0.791. The van der Waals surface area contributed by atoms with Crippen molar-refractivity contribution in [3.8, 4) is 11.3 Å². The lowest BCUT2D eigenvalue weighted by Crippen LogP contribution is -2.03. The van der Waals surface area contributed by atoms with E-state index in [1.807, 2.05) is 37.3 Å². The molecular formula is C16H14N2O2. The fourth-order valence-electron chi connectivity index (χ4n) is 2.19. The summed E-state index contributed by atoms with van der Waals surface area (Å²) in [4.78, 5) is 7.89. The number of aryl methyl sites for hydroxylation is 1. The molecule has 3 aromatic rings. The second-order valence-electron chi connectivity index (χ2n) is 4.64. The van der Waals surface area contributed by atoms with Crippen LogP contribution >= 0.6 is 0 Å². The fourth-order valence-corrected chi connectivity index (χ4v) is 2.19. The molecule has 0 amide bonds. The van der Waals surface area contributed by atoms with Gasteiger partial charge < -0.3 is 9.52 Å². The Bertz CT molecular complexity index is 694. The molecule has 0 radical (unpaired) electrons. The van der Waals surface area contributed by atoms with E-state index in [9.17, 15) is 5.11 Å². The van der Waals surface area contributed by atoms with Crippen LogP contribution in [0.2, 0.25) is 0 Å². The van der Waals surface area contributed by atoms with Gasteiger partial charge in [0.1, 0.15) is 18.2 Å². The molecule has 20 heavy (non-hydrogen) atoms. The molecule has 0 aliphatic carbocycles. The van der Waals surface area contributed by atoms with Gasteiger partial charge in [-0.05, 0) is 30.7 Å². The summed E-state index contributed by atoms with van der Waals surface area (Å²) in [6, 6.07) is 9.59. The second kappa shape index (κ2) is 5.27. The van der Waals surface area contributed by atoms with Crippen LogP contribution in [0.4, 0.5) is 0 Å². The molecule has 0 saturated heterocycles. The van der Waals surface area contributed by atoms with E-state index >= 15 is 0 Å². The first-order chi connectivity index (χ1) is 9.75. The zero-order chi connectivity index (χ0) is 13.9. The molecule has 1 atom stereocenters. The van der Waals surface area contributed by atoms with Crippen LogP contribution in [-0.4, -0.2) is 15.1 Å². The molecule has 0 saturated carbocycles. The van der Waals surface area contributed by atoms with Crippen LogP contribution in [0.3, 0.4) is 0 Å². The zero-order valence-corrected chi connectivity index (χ0v) is 11.0. The van der Waals surface area contributed by atoms with Gasteiger partial charge >= 0.3 is 0 Å². The Morgan fingerprint density at radius 3 is 2.65 bits per heavy atom. The highest BCUT2D eigenvalue weighted by Crippen LogP contribution is 2.32. The first kappa shape index (κ1) is 12.6. The lowest BCUT2D eigenvalue weighted by atomic mass is 9.95. The number of hydrogen-bond acceptors (Lipinski definition) is 4. The number of benzene rings is 1. The Balaban J connectivity index is 2.10. The molecule has 2 heterocycles. The molecule has 0 aliphatic heterocycles. The summed E-state index contributed by atoms with van der Waals surface area (Å²) < 4.78 is 5.46. The van der Waals surface area contributed by atoms with Gasteiger partial charge in [-0.1, -0.05) is 17.7 Å². The van der Waals surface area contributed by atoms with Crippen LogP contribution in [0, 0.1) is 6.92 Å². The van der Waals surface area contributed by atoms with E-state index in [-0.39, 0.29) is 0 Å². The van der Waals surface area contributed by atoms with Crippen molar-refractivity contribution in [1.29, 1.82) is 0 Å². The molecule has 100 valence electrons. The van der Waals surface area contributed by atoms with E-state index in [0.29, 0.717) is 5.56 Å². The smallest absolute Gasteiger partial charge is 0.134 e. The minimum absolute atomic E-state index is 0.657. The Morgan fingerprint density at radius 1 is 1.15 bits per heavy atom. The maximum atomic E-state index is 10.5. The van der Waals surface area contributed by atoms with Crippen molar-refractivity contribution in [1.82, 2.24) is 9.97 Å². The monoisotopic (exact) mass is 266 g/mol. The number of aliphatic hydroxyl groups is 1. The second-order valence-corrected chi connectivity index (χ2v) is 4.64. The van der Waals surface area contributed by atoms with Crippen molar-refractivity contribution >= 4 is 0 Å². The molecule has 4 nitrogen and oxygen atoms in total. The van der Waals surface area contributed by atoms with E-state index < -0.39 is 6.10 Å². The van der Waals surface area contributed by atoms with Crippen molar-refractivity contribution < 1.29 is 9.52 Å². The van der Waals surface area contributed by atoms with Gasteiger partial charge in [0.05, 0.1) is 6.26 Å². The summed E-state index contributed by atoms with van der Waals surface area (Å²) in [5.41, 5.74) is 3.42. The molecule has 1 N–H and O–H groups in total. The number of rotatable bonds is 3. The van der Waals surface area contributed by atoms with Crippen molar-refractivity contribution in [2.45, 2.75) is 13.0 Å². The fraction of sp³-hybridized carbons (Fsp3) is 0.125. The highest BCUT2D eigenvalue weighted by Gasteiger charge is 2.17. The first-order valence-corrected chi connectivity index (χ1v) is 6.33. The highest BCUT2D eigenvalue weighted by atomic mass is 16.3. The molecule has 3 rings (SSSR count). The zero-order valence-electron chi connectivity index (χ0n) is 11.0. The first-order valence-electron chi connectivity index (χ1n) is 6.33. The molecule has 4 heteroatoms. The minimum Gasteiger partial charge on any atom is -0.464 e. The predicted molar refractivity (Wildman–Crippen MR) is 75.0 cm³/mol. The topological polar surface area (TPSA) is 59.2 Å².